The molecule has 0 fully saturated rings. The van der Waals surface area contributed by atoms with Crippen molar-refractivity contribution >= 4 is 33.2 Å². The van der Waals surface area contributed by atoms with Crippen LogP contribution in [0.3, 0.4) is 0 Å². The SMILES string of the molecule is CC(=O)Nc1cc(Oc2ccc(Br)cc2)ccc1N. The van der Waals surface area contributed by atoms with Crippen molar-refractivity contribution in [1.29, 1.82) is 0 Å². The van der Waals surface area contributed by atoms with E-state index in [0.717, 1.165) is 4.47 Å². The van der Waals surface area contributed by atoms with Crippen LogP contribution in [0, 0.1) is 0 Å². The molecule has 4 nitrogen and oxygen atoms in total. The summed E-state index contributed by atoms with van der Waals surface area (Å²) >= 11 is 3.36. The second-order valence-corrected chi connectivity index (χ2v) is 4.90. The van der Waals surface area contributed by atoms with Crippen molar-refractivity contribution in [3.63, 3.8) is 0 Å². The van der Waals surface area contributed by atoms with Crippen molar-refractivity contribution in [2.24, 2.45) is 0 Å². The van der Waals surface area contributed by atoms with E-state index in [1.165, 1.54) is 6.92 Å². The Balaban J connectivity index is 2.21. The third-order valence-corrected chi connectivity index (χ3v) is 2.91. The molecule has 19 heavy (non-hydrogen) atoms. The number of amides is 1. The van der Waals surface area contributed by atoms with Crippen LogP contribution >= 0.6 is 15.9 Å². The third-order valence-electron chi connectivity index (χ3n) is 2.38. The standard InChI is InChI=1S/C14H13BrN2O2/c1-9(18)17-14-8-12(6-7-13(14)16)19-11-4-2-10(15)3-5-11/h2-8H,16H2,1H3,(H,17,18). The molecule has 1 amide bonds. The minimum atomic E-state index is -0.174. The van der Waals surface area contributed by atoms with E-state index in [2.05, 4.69) is 21.2 Å². The Labute approximate surface area is 119 Å². The Morgan fingerprint density at radius 2 is 1.79 bits per heavy atom. The summed E-state index contributed by atoms with van der Waals surface area (Å²) in [5.74, 6) is 1.15. The molecule has 0 spiro atoms. The molecular weight excluding hydrogens is 308 g/mol. The zero-order chi connectivity index (χ0) is 13.8. The van der Waals surface area contributed by atoms with Crippen LogP contribution in [0.2, 0.25) is 0 Å². The molecule has 0 heterocycles. The Kier molecular flexibility index (Phi) is 4.06. The second kappa shape index (κ2) is 5.75. The Morgan fingerprint density at radius 3 is 2.42 bits per heavy atom. The van der Waals surface area contributed by atoms with Crippen LogP contribution < -0.4 is 15.8 Å². The van der Waals surface area contributed by atoms with Gasteiger partial charge in [0.05, 0.1) is 11.4 Å². The molecule has 3 N–H and O–H groups in total. The third kappa shape index (κ3) is 3.72. The maximum atomic E-state index is 11.1. The molecule has 0 saturated carbocycles. The summed E-state index contributed by atoms with van der Waals surface area (Å²) in [4.78, 5) is 11.1. The van der Waals surface area contributed by atoms with Crippen LogP contribution in [0.25, 0.3) is 0 Å². The van der Waals surface area contributed by atoms with E-state index < -0.39 is 0 Å². The lowest BCUT2D eigenvalue weighted by atomic mass is 10.2. The van der Waals surface area contributed by atoms with Gasteiger partial charge < -0.3 is 15.8 Å². The van der Waals surface area contributed by atoms with Crippen LogP contribution in [0.15, 0.2) is 46.9 Å². The molecule has 2 rings (SSSR count). The summed E-state index contributed by atoms with van der Waals surface area (Å²) < 4.78 is 6.67. The predicted molar refractivity (Wildman–Crippen MR) is 79.4 cm³/mol. The monoisotopic (exact) mass is 320 g/mol. The van der Waals surface area contributed by atoms with E-state index in [4.69, 9.17) is 10.5 Å². The lowest BCUT2D eigenvalue weighted by Gasteiger charge is -2.10. The van der Waals surface area contributed by atoms with Crippen LogP contribution in [0.1, 0.15) is 6.92 Å². The smallest absolute Gasteiger partial charge is 0.221 e. The average molecular weight is 321 g/mol. The highest BCUT2D eigenvalue weighted by atomic mass is 79.9. The molecule has 5 heteroatoms. The zero-order valence-corrected chi connectivity index (χ0v) is 11.9. The summed E-state index contributed by atoms with van der Waals surface area (Å²) in [6, 6.07) is 12.6. The fraction of sp³-hybridized carbons (Fsp3) is 0.0714. The van der Waals surface area contributed by atoms with Crippen LogP contribution in [0.4, 0.5) is 11.4 Å². The average Bonchev–Trinajstić information content (AvgIpc) is 2.36. The number of hydrogen-bond acceptors (Lipinski definition) is 3. The highest BCUT2D eigenvalue weighted by Gasteiger charge is 2.04. The number of nitrogens with one attached hydrogen (secondary N) is 1. The van der Waals surface area contributed by atoms with Gasteiger partial charge in [-0.15, -0.1) is 0 Å². The quantitative estimate of drug-likeness (QED) is 0.846. The van der Waals surface area contributed by atoms with Gasteiger partial charge in [0.1, 0.15) is 11.5 Å². The normalized spacial score (nSPS) is 10.0. The maximum Gasteiger partial charge on any atom is 0.221 e. The Morgan fingerprint density at radius 1 is 1.16 bits per heavy atom. The van der Waals surface area contributed by atoms with Gasteiger partial charge in [0, 0.05) is 17.5 Å². The predicted octanol–water partition coefficient (Wildman–Crippen LogP) is 3.78. The summed E-state index contributed by atoms with van der Waals surface area (Å²) in [6.45, 7) is 1.43. The van der Waals surface area contributed by atoms with E-state index >= 15 is 0 Å². The molecule has 0 saturated heterocycles. The number of ether oxygens (including phenoxy) is 1. The van der Waals surface area contributed by atoms with Crippen molar-refractivity contribution in [2.45, 2.75) is 6.92 Å². The lowest BCUT2D eigenvalue weighted by molar-refractivity contribution is -0.114. The largest absolute Gasteiger partial charge is 0.457 e. The Hall–Kier alpha value is -2.01. The van der Waals surface area contributed by atoms with E-state index in [1.54, 1.807) is 18.2 Å². The van der Waals surface area contributed by atoms with Crippen LogP contribution in [0.5, 0.6) is 11.5 Å². The number of rotatable bonds is 3. The minimum absolute atomic E-state index is 0.174. The molecule has 0 bridgehead atoms. The summed E-state index contributed by atoms with van der Waals surface area (Å²) in [5, 5.41) is 2.66. The van der Waals surface area contributed by atoms with Crippen molar-refractivity contribution in [3.05, 3.63) is 46.9 Å². The molecule has 0 unspecified atom stereocenters. The molecule has 0 aliphatic heterocycles. The number of nitrogens with two attached hydrogens (primary N) is 1. The molecule has 2 aromatic rings. The first kappa shape index (κ1) is 13.4. The molecule has 0 aliphatic rings. The van der Waals surface area contributed by atoms with Gasteiger partial charge >= 0.3 is 0 Å². The fourth-order valence-corrected chi connectivity index (χ4v) is 1.80. The van der Waals surface area contributed by atoms with Gasteiger partial charge in [0.2, 0.25) is 5.91 Å². The minimum Gasteiger partial charge on any atom is -0.457 e. The van der Waals surface area contributed by atoms with E-state index in [0.29, 0.717) is 22.9 Å². The molecule has 98 valence electrons. The molecular formula is C14H13BrN2O2. The number of carbonyl (C=O) groups is 1. The first-order chi connectivity index (χ1) is 9.04. The molecule has 0 radical (unpaired) electrons. The summed E-state index contributed by atoms with van der Waals surface area (Å²) in [5.41, 5.74) is 6.82. The summed E-state index contributed by atoms with van der Waals surface area (Å²) in [7, 11) is 0. The van der Waals surface area contributed by atoms with E-state index in [1.807, 2.05) is 24.3 Å². The zero-order valence-electron chi connectivity index (χ0n) is 10.3. The number of hydrogen-bond donors (Lipinski definition) is 2. The van der Waals surface area contributed by atoms with Crippen LogP contribution in [-0.2, 0) is 4.79 Å². The van der Waals surface area contributed by atoms with E-state index in [9.17, 15) is 4.79 Å². The highest BCUT2D eigenvalue weighted by Crippen LogP contribution is 2.28. The van der Waals surface area contributed by atoms with Gasteiger partial charge in [0.25, 0.3) is 0 Å². The molecule has 0 aliphatic carbocycles. The number of benzene rings is 2. The molecule has 2 aromatic carbocycles. The number of anilines is 2. The van der Waals surface area contributed by atoms with Crippen LogP contribution in [-0.4, -0.2) is 5.91 Å². The lowest BCUT2D eigenvalue weighted by Crippen LogP contribution is -2.08. The van der Waals surface area contributed by atoms with Crippen molar-refractivity contribution in [1.82, 2.24) is 0 Å². The van der Waals surface area contributed by atoms with Gasteiger partial charge in [0.15, 0.2) is 0 Å². The maximum absolute atomic E-state index is 11.1. The number of carbonyl (C=O) groups excluding carboxylic acids is 1. The summed E-state index contributed by atoms with van der Waals surface area (Å²) in [6.07, 6.45) is 0. The number of nitrogen functional groups attached to an aromatic ring is 1. The molecule has 0 atom stereocenters. The topological polar surface area (TPSA) is 64.3 Å². The van der Waals surface area contributed by atoms with Gasteiger partial charge in [-0.25, -0.2) is 0 Å². The highest BCUT2D eigenvalue weighted by molar-refractivity contribution is 9.10. The van der Waals surface area contributed by atoms with Gasteiger partial charge in [-0.3, -0.25) is 4.79 Å². The Bertz CT molecular complexity index is 597. The first-order valence-electron chi connectivity index (χ1n) is 5.65. The van der Waals surface area contributed by atoms with Gasteiger partial charge in [-0.1, -0.05) is 15.9 Å². The van der Waals surface area contributed by atoms with Crippen molar-refractivity contribution < 1.29 is 9.53 Å². The van der Waals surface area contributed by atoms with Crippen molar-refractivity contribution in [3.8, 4) is 11.5 Å². The fourth-order valence-electron chi connectivity index (χ4n) is 1.54. The number of halogens is 1. The van der Waals surface area contributed by atoms with E-state index in [-0.39, 0.29) is 5.91 Å². The van der Waals surface area contributed by atoms with Gasteiger partial charge in [-0.2, -0.15) is 0 Å². The first-order valence-corrected chi connectivity index (χ1v) is 6.44. The van der Waals surface area contributed by atoms with Gasteiger partial charge in [-0.05, 0) is 36.4 Å². The molecule has 0 aromatic heterocycles. The van der Waals surface area contributed by atoms with Crippen molar-refractivity contribution in [2.75, 3.05) is 11.1 Å². The second-order valence-electron chi connectivity index (χ2n) is 3.99.